The monoisotopic (exact) mass is 205 g/mol. The fourth-order valence-electron chi connectivity index (χ4n) is 2.52. The lowest BCUT2D eigenvalue weighted by Crippen LogP contribution is -2.07. The van der Waals surface area contributed by atoms with Crippen LogP contribution in [0.15, 0.2) is 18.3 Å². The highest BCUT2D eigenvalue weighted by atomic mass is 16.3. The van der Waals surface area contributed by atoms with E-state index in [-0.39, 0.29) is 6.10 Å². The van der Waals surface area contributed by atoms with Crippen LogP contribution in [-0.4, -0.2) is 10.1 Å². The van der Waals surface area contributed by atoms with Gasteiger partial charge in [0, 0.05) is 6.20 Å². The molecular weight excluding hydrogens is 186 g/mol. The molecule has 1 aliphatic rings. The van der Waals surface area contributed by atoms with Crippen LogP contribution < -0.4 is 0 Å². The average molecular weight is 205 g/mol. The standard InChI is InChI=1S/C13H19NO/c1-10-5-4-8-14-13(10)12(15)9-11-6-2-3-7-11/h4-5,8,11-12,15H,2-3,6-7,9H2,1H3. The number of rotatable bonds is 3. The molecule has 1 aromatic heterocycles. The van der Waals surface area contributed by atoms with Gasteiger partial charge in [0.05, 0.1) is 11.8 Å². The molecule has 0 aromatic carbocycles. The van der Waals surface area contributed by atoms with Crippen molar-refractivity contribution in [2.24, 2.45) is 5.92 Å². The Hall–Kier alpha value is -0.890. The molecule has 2 nitrogen and oxygen atoms in total. The second-order valence-corrected chi connectivity index (χ2v) is 4.61. The first-order valence-corrected chi connectivity index (χ1v) is 5.87. The molecule has 82 valence electrons. The highest BCUT2D eigenvalue weighted by molar-refractivity contribution is 5.19. The van der Waals surface area contributed by atoms with Crippen LogP contribution in [0, 0.1) is 12.8 Å². The Morgan fingerprint density at radius 3 is 2.87 bits per heavy atom. The fraction of sp³-hybridized carbons (Fsp3) is 0.615. The van der Waals surface area contributed by atoms with E-state index in [9.17, 15) is 5.11 Å². The molecule has 2 rings (SSSR count). The van der Waals surface area contributed by atoms with E-state index in [1.165, 1.54) is 25.7 Å². The summed E-state index contributed by atoms with van der Waals surface area (Å²) in [6.07, 6.45) is 7.51. The molecule has 0 amide bonds. The lowest BCUT2D eigenvalue weighted by atomic mass is 9.96. The maximum Gasteiger partial charge on any atom is 0.0965 e. The van der Waals surface area contributed by atoms with Crippen molar-refractivity contribution in [2.45, 2.75) is 45.1 Å². The number of aromatic nitrogens is 1. The molecule has 0 spiro atoms. The molecule has 1 heterocycles. The molecule has 0 bridgehead atoms. The van der Waals surface area contributed by atoms with Gasteiger partial charge in [0.1, 0.15) is 0 Å². The number of aryl methyl sites for hydroxylation is 1. The number of aliphatic hydroxyl groups excluding tert-OH is 1. The summed E-state index contributed by atoms with van der Waals surface area (Å²) >= 11 is 0. The molecule has 1 aromatic rings. The molecule has 1 saturated carbocycles. The van der Waals surface area contributed by atoms with E-state index in [1.54, 1.807) is 6.20 Å². The van der Waals surface area contributed by atoms with Crippen LogP contribution in [0.25, 0.3) is 0 Å². The predicted molar refractivity (Wildman–Crippen MR) is 60.5 cm³/mol. The lowest BCUT2D eigenvalue weighted by molar-refractivity contribution is 0.140. The third kappa shape index (κ3) is 2.57. The van der Waals surface area contributed by atoms with Crippen molar-refractivity contribution in [3.63, 3.8) is 0 Å². The summed E-state index contributed by atoms with van der Waals surface area (Å²) in [4.78, 5) is 4.27. The normalized spacial score (nSPS) is 19.3. The summed E-state index contributed by atoms with van der Waals surface area (Å²) in [6.45, 7) is 2.01. The van der Waals surface area contributed by atoms with Gasteiger partial charge in [-0.05, 0) is 30.9 Å². The second kappa shape index (κ2) is 4.75. The maximum absolute atomic E-state index is 10.1. The van der Waals surface area contributed by atoms with Crippen molar-refractivity contribution >= 4 is 0 Å². The van der Waals surface area contributed by atoms with Gasteiger partial charge < -0.3 is 5.11 Å². The van der Waals surface area contributed by atoms with Crippen molar-refractivity contribution in [2.75, 3.05) is 0 Å². The smallest absolute Gasteiger partial charge is 0.0965 e. The van der Waals surface area contributed by atoms with E-state index >= 15 is 0 Å². The first-order valence-electron chi connectivity index (χ1n) is 5.87. The molecular formula is C13H19NO. The lowest BCUT2D eigenvalue weighted by Gasteiger charge is -2.16. The first-order chi connectivity index (χ1) is 7.27. The Morgan fingerprint density at radius 2 is 2.20 bits per heavy atom. The minimum absolute atomic E-state index is 0.366. The number of hydrogen-bond acceptors (Lipinski definition) is 2. The van der Waals surface area contributed by atoms with Crippen molar-refractivity contribution in [1.29, 1.82) is 0 Å². The van der Waals surface area contributed by atoms with E-state index in [4.69, 9.17) is 0 Å². The quantitative estimate of drug-likeness (QED) is 0.822. The summed E-state index contributed by atoms with van der Waals surface area (Å²) in [7, 11) is 0. The summed E-state index contributed by atoms with van der Waals surface area (Å²) < 4.78 is 0. The Kier molecular flexibility index (Phi) is 3.37. The fourth-order valence-corrected chi connectivity index (χ4v) is 2.52. The van der Waals surface area contributed by atoms with Crippen LogP contribution in [-0.2, 0) is 0 Å². The highest BCUT2D eigenvalue weighted by Crippen LogP contribution is 2.32. The van der Waals surface area contributed by atoms with E-state index in [0.29, 0.717) is 5.92 Å². The van der Waals surface area contributed by atoms with Crippen LogP contribution in [0.2, 0.25) is 0 Å². The van der Waals surface area contributed by atoms with Crippen molar-refractivity contribution in [3.8, 4) is 0 Å². The van der Waals surface area contributed by atoms with Gasteiger partial charge in [0.2, 0.25) is 0 Å². The molecule has 0 radical (unpaired) electrons. The number of hydrogen-bond donors (Lipinski definition) is 1. The molecule has 1 atom stereocenters. The molecule has 15 heavy (non-hydrogen) atoms. The van der Waals surface area contributed by atoms with Gasteiger partial charge in [-0.25, -0.2) is 0 Å². The van der Waals surface area contributed by atoms with Crippen LogP contribution in [0.3, 0.4) is 0 Å². The van der Waals surface area contributed by atoms with E-state index in [1.807, 2.05) is 19.1 Å². The molecule has 1 aliphatic carbocycles. The van der Waals surface area contributed by atoms with Crippen LogP contribution in [0.1, 0.15) is 49.5 Å². The summed E-state index contributed by atoms with van der Waals surface area (Å²) in [5.41, 5.74) is 1.97. The molecule has 2 heteroatoms. The van der Waals surface area contributed by atoms with Gasteiger partial charge >= 0.3 is 0 Å². The minimum Gasteiger partial charge on any atom is -0.387 e. The molecule has 1 unspecified atom stereocenters. The van der Waals surface area contributed by atoms with E-state index in [0.717, 1.165) is 17.7 Å². The molecule has 1 fully saturated rings. The van der Waals surface area contributed by atoms with Gasteiger partial charge in [0.15, 0.2) is 0 Å². The predicted octanol–water partition coefficient (Wildman–Crippen LogP) is 3.00. The van der Waals surface area contributed by atoms with Gasteiger partial charge in [-0.1, -0.05) is 31.7 Å². The average Bonchev–Trinajstić information content (AvgIpc) is 2.71. The van der Waals surface area contributed by atoms with E-state index < -0.39 is 0 Å². The van der Waals surface area contributed by atoms with Gasteiger partial charge in [-0.2, -0.15) is 0 Å². The summed E-state index contributed by atoms with van der Waals surface area (Å²) in [5.74, 6) is 0.710. The summed E-state index contributed by atoms with van der Waals surface area (Å²) in [5, 5.41) is 10.1. The Morgan fingerprint density at radius 1 is 1.47 bits per heavy atom. The van der Waals surface area contributed by atoms with Crippen molar-refractivity contribution in [1.82, 2.24) is 4.98 Å². The van der Waals surface area contributed by atoms with E-state index in [2.05, 4.69) is 4.98 Å². The molecule has 1 N–H and O–H groups in total. The van der Waals surface area contributed by atoms with Crippen molar-refractivity contribution in [3.05, 3.63) is 29.6 Å². The zero-order valence-electron chi connectivity index (χ0n) is 9.32. The minimum atomic E-state index is -0.366. The SMILES string of the molecule is Cc1cccnc1C(O)CC1CCCC1. The third-order valence-corrected chi connectivity index (χ3v) is 3.40. The number of aliphatic hydroxyl groups is 1. The zero-order chi connectivity index (χ0) is 10.7. The highest BCUT2D eigenvalue weighted by Gasteiger charge is 2.21. The van der Waals surface area contributed by atoms with Crippen LogP contribution in [0.4, 0.5) is 0 Å². The Balaban J connectivity index is 2.00. The molecule has 0 saturated heterocycles. The first kappa shape index (κ1) is 10.6. The maximum atomic E-state index is 10.1. The Bertz CT molecular complexity index is 318. The number of nitrogens with zero attached hydrogens (tertiary/aromatic N) is 1. The van der Waals surface area contributed by atoms with Gasteiger partial charge in [-0.15, -0.1) is 0 Å². The third-order valence-electron chi connectivity index (χ3n) is 3.40. The molecule has 0 aliphatic heterocycles. The van der Waals surface area contributed by atoms with Crippen LogP contribution in [0.5, 0.6) is 0 Å². The van der Waals surface area contributed by atoms with Gasteiger partial charge in [-0.3, -0.25) is 4.98 Å². The topological polar surface area (TPSA) is 33.1 Å². The van der Waals surface area contributed by atoms with Gasteiger partial charge in [0.25, 0.3) is 0 Å². The second-order valence-electron chi connectivity index (χ2n) is 4.61. The largest absolute Gasteiger partial charge is 0.387 e. The Labute approximate surface area is 91.4 Å². The number of pyridine rings is 1. The zero-order valence-corrected chi connectivity index (χ0v) is 9.32. The van der Waals surface area contributed by atoms with Crippen LogP contribution >= 0.6 is 0 Å². The van der Waals surface area contributed by atoms with Crippen molar-refractivity contribution < 1.29 is 5.11 Å². The summed E-state index contributed by atoms with van der Waals surface area (Å²) in [6, 6.07) is 3.93.